The van der Waals surface area contributed by atoms with Gasteiger partial charge in [0.25, 0.3) is 5.91 Å². The number of alkyl carbamates (subject to hydrolysis) is 1. The molecule has 27 heavy (non-hydrogen) atoms. The van der Waals surface area contributed by atoms with Crippen LogP contribution in [0.1, 0.15) is 49.5 Å². The minimum atomic E-state index is -1.03. The second-order valence-electron chi connectivity index (χ2n) is 7.66. The Bertz CT molecular complexity index is 689. The Labute approximate surface area is 158 Å². The fraction of sp³-hybridized carbons (Fsp3) is 0.556. The predicted octanol–water partition coefficient (Wildman–Crippen LogP) is 0.412. The van der Waals surface area contributed by atoms with Crippen LogP contribution in [0, 0.1) is 0 Å². The van der Waals surface area contributed by atoms with Crippen molar-refractivity contribution < 1.29 is 24.5 Å². The van der Waals surface area contributed by atoms with Crippen LogP contribution in [0.3, 0.4) is 0 Å². The van der Waals surface area contributed by atoms with Crippen molar-refractivity contribution in [2.75, 3.05) is 5.73 Å². The van der Waals surface area contributed by atoms with Gasteiger partial charge in [-0.1, -0.05) is 6.07 Å². The lowest BCUT2D eigenvalue weighted by Gasteiger charge is -2.32. The number of hydrogen-bond donors (Lipinski definition) is 6. The maximum atomic E-state index is 12.4. The Hall–Kier alpha value is -2.36. The van der Waals surface area contributed by atoms with Gasteiger partial charge in [0.15, 0.2) is 0 Å². The van der Waals surface area contributed by atoms with Gasteiger partial charge in [0, 0.05) is 11.2 Å². The first-order chi connectivity index (χ1) is 12.5. The van der Waals surface area contributed by atoms with E-state index in [0.29, 0.717) is 18.4 Å². The van der Waals surface area contributed by atoms with E-state index in [1.165, 1.54) is 0 Å². The van der Waals surface area contributed by atoms with E-state index in [0.717, 1.165) is 0 Å². The molecule has 1 heterocycles. The van der Waals surface area contributed by atoms with Crippen molar-refractivity contribution in [2.45, 2.75) is 64.3 Å². The van der Waals surface area contributed by atoms with Crippen molar-refractivity contribution in [2.24, 2.45) is 0 Å². The summed E-state index contributed by atoms with van der Waals surface area (Å²) in [6.07, 6.45) is -1.50. The Balaban J connectivity index is 1.93. The van der Waals surface area contributed by atoms with Gasteiger partial charge in [-0.15, -0.1) is 0 Å². The molecular weight excluding hydrogens is 352 g/mol. The molecule has 1 aliphatic rings. The third-order valence-corrected chi connectivity index (χ3v) is 4.02. The van der Waals surface area contributed by atoms with Gasteiger partial charge >= 0.3 is 6.09 Å². The molecule has 2 rings (SSSR count). The lowest BCUT2D eigenvalue weighted by atomic mass is 10.0. The minimum Gasteiger partial charge on any atom is -0.445 e. The number of nitrogen functional groups attached to an aromatic ring is 1. The van der Waals surface area contributed by atoms with Gasteiger partial charge in [0.05, 0.1) is 11.6 Å². The molecule has 2 amide bonds. The van der Waals surface area contributed by atoms with E-state index in [4.69, 9.17) is 10.5 Å². The molecule has 1 aliphatic heterocycles. The number of anilines is 1. The number of hydrogen-bond acceptors (Lipinski definition) is 7. The van der Waals surface area contributed by atoms with Crippen molar-refractivity contribution in [3.8, 4) is 0 Å². The van der Waals surface area contributed by atoms with Crippen molar-refractivity contribution in [1.82, 2.24) is 16.0 Å². The number of nitrogens with two attached hydrogens (primary N) is 1. The molecule has 1 aromatic rings. The van der Waals surface area contributed by atoms with Crippen LogP contribution in [0.2, 0.25) is 0 Å². The molecule has 0 radical (unpaired) electrons. The zero-order valence-corrected chi connectivity index (χ0v) is 15.8. The Morgan fingerprint density at radius 2 is 2.00 bits per heavy atom. The molecular formula is C18H28N4O5. The van der Waals surface area contributed by atoms with Crippen molar-refractivity contribution in [3.63, 3.8) is 0 Å². The van der Waals surface area contributed by atoms with Gasteiger partial charge in [-0.25, -0.2) is 4.79 Å². The van der Waals surface area contributed by atoms with Gasteiger partial charge < -0.3 is 31.3 Å². The summed E-state index contributed by atoms with van der Waals surface area (Å²) in [7, 11) is 0. The van der Waals surface area contributed by atoms with Crippen LogP contribution in [0.5, 0.6) is 0 Å². The van der Waals surface area contributed by atoms with Crippen LogP contribution < -0.4 is 21.7 Å². The highest BCUT2D eigenvalue weighted by atomic mass is 16.5. The third kappa shape index (κ3) is 6.38. The molecule has 9 heteroatoms. The first-order valence-corrected chi connectivity index (χ1v) is 8.81. The van der Waals surface area contributed by atoms with Crippen LogP contribution in [-0.2, 0) is 11.3 Å². The third-order valence-electron chi connectivity index (χ3n) is 4.02. The van der Waals surface area contributed by atoms with E-state index in [1.807, 2.05) is 20.8 Å². The summed E-state index contributed by atoms with van der Waals surface area (Å²) < 4.78 is 5.13. The highest BCUT2D eigenvalue weighted by Gasteiger charge is 2.29. The van der Waals surface area contributed by atoms with Gasteiger partial charge in [-0.2, -0.15) is 0 Å². The van der Waals surface area contributed by atoms with Gasteiger partial charge in [0.1, 0.15) is 19.1 Å². The maximum Gasteiger partial charge on any atom is 0.407 e. The Morgan fingerprint density at radius 3 is 2.59 bits per heavy atom. The van der Waals surface area contributed by atoms with Crippen LogP contribution in [0.4, 0.5) is 10.5 Å². The fourth-order valence-corrected chi connectivity index (χ4v) is 2.69. The second kappa shape index (κ2) is 8.55. The average molecular weight is 380 g/mol. The van der Waals surface area contributed by atoms with E-state index in [2.05, 4.69) is 16.0 Å². The van der Waals surface area contributed by atoms with E-state index >= 15 is 0 Å². The number of nitrogens with one attached hydrogen (secondary N) is 3. The number of ether oxygens (including phenoxy) is 1. The maximum absolute atomic E-state index is 12.4. The van der Waals surface area contributed by atoms with E-state index in [9.17, 15) is 19.8 Å². The van der Waals surface area contributed by atoms with Gasteiger partial charge in [-0.3, -0.25) is 10.1 Å². The zero-order chi connectivity index (χ0) is 20.2. The van der Waals surface area contributed by atoms with E-state index in [-0.39, 0.29) is 17.9 Å². The average Bonchev–Trinajstić information content (AvgIpc) is 2.54. The zero-order valence-electron chi connectivity index (χ0n) is 15.8. The molecule has 1 saturated heterocycles. The molecule has 9 nitrogen and oxygen atoms in total. The van der Waals surface area contributed by atoms with Gasteiger partial charge in [-0.05, 0) is 51.3 Å². The fourth-order valence-electron chi connectivity index (χ4n) is 2.69. The van der Waals surface area contributed by atoms with Crippen molar-refractivity contribution >= 4 is 17.7 Å². The molecule has 0 bridgehead atoms. The summed E-state index contributed by atoms with van der Waals surface area (Å²) >= 11 is 0. The van der Waals surface area contributed by atoms with Crippen molar-refractivity contribution in [3.05, 3.63) is 29.3 Å². The second-order valence-corrected chi connectivity index (χ2v) is 7.66. The number of aliphatic hydroxyl groups is 2. The van der Waals surface area contributed by atoms with E-state index < -0.39 is 36.0 Å². The lowest BCUT2D eigenvalue weighted by molar-refractivity contribution is -0.0161. The number of carbonyl (C=O) groups excluding carboxylic acids is 2. The number of piperidine rings is 1. The van der Waals surface area contributed by atoms with Gasteiger partial charge in [0.2, 0.25) is 0 Å². The smallest absolute Gasteiger partial charge is 0.407 e. The predicted molar refractivity (Wildman–Crippen MR) is 99.6 cm³/mol. The Morgan fingerprint density at radius 1 is 1.30 bits per heavy atom. The summed E-state index contributed by atoms with van der Waals surface area (Å²) in [6.45, 7) is 5.56. The SMILES string of the molecule is CC(C)(C)NC(=O)OCc1ccc(C(=O)NC2CCC(O)NC2O)c(N)c1. The standard InChI is InChI=1S/C18H28N4O5/c1-18(2,3)22-17(26)27-9-10-4-5-11(12(19)8-10)15(24)20-13-6-7-14(23)21-16(13)25/h4-5,8,13-14,16,21,23,25H,6-7,9,19H2,1-3H3,(H,20,24)(H,22,26). The normalized spacial score (nSPS) is 22.8. The first kappa shape index (κ1) is 20.9. The number of amides is 2. The summed E-state index contributed by atoms with van der Waals surface area (Å²) in [5.74, 6) is -0.423. The molecule has 3 unspecified atom stereocenters. The molecule has 7 N–H and O–H groups in total. The summed E-state index contributed by atoms with van der Waals surface area (Å²) in [4.78, 5) is 24.1. The minimum absolute atomic E-state index is 0.0250. The molecule has 0 aromatic heterocycles. The monoisotopic (exact) mass is 380 g/mol. The number of benzene rings is 1. The summed E-state index contributed by atoms with van der Waals surface area (Å²) in [6, 6.07) is 4.24. The molecule has 1 fully saturated rings. The van der Waals surface area contributed by atoms with Crippen molar-refractivity contribution in [1.29, 1.82) is 0 Å². The Kier molecular flexibility index (Phi) is 6.63. The molecule has 0 saturated carbocycles. The molecule has 1 aromatic carbocycles. The number of carbonyl (C=O) groups is 2. The molecule has 150 valence electrons. The highest BCUT2D eigenvalue weighted by molar-refractivity contribution is 5.99. The van der Waals surface area contributed by atoms with E-state index in [1.54, 1.807) is 18.2 Å². The topological polar surface area (TPSA) is 146 Å². The molecule has 3 atom stereocenters. The quantitative estimate of drug-likeness (QED) is 0.415. The summed E-state index contributed by atoms with van der Waals surface area (Å²) in [5.41, 5.74) is 6.71. The number of rotatable bonds is 4. The van der Waals surface area contributed by atoms with Crippen LogP contribution in [0.15, 0.2) is 18.2 Å². The molecule has 0 aliphatic carbocycles. The largest absolute Gasteiger partial charge is 0.445 e. The number of aliphatic hydroxyl groups excluding tert-OH is 2. The van der Waals surface area contributed by atoms with Crippen LogP contribution >= 0.6 is 0 Å². The lowest BCUT2D eigenvalue weighted by Crippen LogP contribution is -2.56. The van der Waals surface area contributed by atoms with Crippen LogP contribution in [-0.4, -0.2) is 46.3 Å². The first-order valence-electron chi connectivity index (χ1n) is 8.81. The molecule has 0 spiro atoms. The van der Waals surface area contributed by atoms with Crippen LogP contribution in [0.25, 0.3) is 0 Å². The summed E-state index contributed by atoms with van der Waals surface area (Å²) in [5, 5.41) is 27.3. The highest BCUT2D eigenvalue weighted by Crippen LogP contribution is 2.17.